The van der Waals surface area contributed by atoms with Gasteiger partial charge in [0.25, 0.3) is 11.5 Å². The normalized spacial score (nSPS) is 17.6. The molecule has 232 valence electrons. The van der Waals surface area contributed by atoms with E-state index in [4.69, 9.17) is 19.0 Å². The first-order valence-electron chi connectivity index (χ1n) is 14.2. The van der Waals surface area contributed by atoms with E-state index < -0.39 is 47.0 Å². The summed E-state index contributed by atoms with van der Waals surface area (Å²) in [5, 5.41) is 9.67. The van der Waals surface area contributed by atoms with E-state index in [1.165, 1.54) is 6.92 Å². The van der Waals surface area contributed by atoms with Crippen LogP contribution in [-0.4, -0.2) is 59.4 Å². The van der Waals surface area contributed by atoms with E-state index >= 15 is 0 Å². The fraction of sp³-hybridized carbons (Fsp3) is 0.469. The average Bonchev–Trinajstić information content (AvgIpc) is 3.38. The Morgan fingerprint density at radius 3 is 2.19 bits per heavy atom. The monoisotopic (exact) mass is 595 g/mol. The van der Waals surface area contributed by atoms with Crippen LogP contribution >= 0.6 is 0 Å². The minimum atomic E-state index is -1.68. The van der Waals surface area contributed by atoms with Crippen LogP contribution in [-0.2, 0) is 35.3 Å². The van der Waals surface area contributed by atoms with Crippen molar-refractivity contribution in [1.82, 2.24) is 10.6 Å². The molecular formula is C32H41N3O8. The molecule has 0 radical (unpaired) electrons. The number of nitrogens with zero attached hydrogens (tertiary/aromatic N) is 1. The second-order valence-electron chi connectivity index (χ2n) is 11.8. The maximum absolute atomic E-state index is 13.8. The molecule has 0 aliphatic carbocycles. The standard InChI is InChI=1S/C32H41N3O8/c1-21(2)28(34-30(39)40-19-23-13-9-7-10-14-23)26-18-32(43-35-26,20-41-24-15-11-8-12-16-24)29(38)33-25(22(3)36)17-27(37)42-31(4,5)6/h7-16,21,25,28H,17-20H2,1-6H3,(H,33,38)(H,34,39)/t25-,28-,32?/m0/s1. The lowest BCUT2D eigenvalue weighted by Crippen LogP contribution is -2.56. The number of oxime groups is 1. The number of amides is 2. The van der Waals surface area contributed by atoms with E-state index in [2.05, 4.69) is 15.8 Å². The molecule has 11 heteroatoms. The van der Waals surface area contributed by atoms with Gasteiger partial charge in [0.05, 0.1) is 24.2 Å². The van der Waals surface area contributed by atoms with Crippen LogP contribution < -0.4 is 15.4 Å². The highest BCUT2D eigenvalue weighted by atomic mass is 16.7. The van der Waals surface area contributed by atoms with Crippen molar-refractivity contribution in [2.24, 2.45) is 11.1 Å². The van der Waals surface area contributed by atoms with Gasteiger partial charge in [0.2, 0.25) is 0 Å². The molecule has 0 bridgehead atoms. The SMILES string of the molecule is CC(=O)[C@H](CC(=O)OC(C)(C)C)NC(=O)C1(COc2ccccc2)CC([C@@H](NC(=O)OCc2ccccc2)C(C)C)=NO1. The number of rotatable bonds is 13. The Morgan fingerprint density at radius 2 is 1.60 bits per heavy atom. The highest BCUT2D eigenvalue weighted by molar-refractivity contribution is 6.01. The van der Waals surface area contributed by atoms with Crippen LogP contribution in [0.4, 0.5) is 4.79 Å². The molecule has 1 aliphatic heterocycles. The molecule has 1 unspecified atom stereocenters. The number of hydrogen-bond acceptors (Lipinski definition) is 9. The molecular weight excluding hydrogens is 554 g/mol. The number of benzene rings is 2. The molecule has 0 saturated heterocycles. The molecule has 3 atom stereocenters. The molecule has 1 heterocycles. The van der Waals surface area contributed by atoms with Gasteiger partial charge in [0.15, 0.2) is 5.78 Å². The van der Waals surface area contributed by atoms with Gasteiger partial charge in [-0.25, -0.2) is 4.79 Å². The maximum atomic E-state index is 13.8. The first kappa shape index (κ1) is 33.1. The Balaban J connectivity index is 1.76. The van der Waals surface area contributed by atoms with Gasteiger partial charge in [0.1, 0.15) is 24.6 Å². The Kier molecular flexibility index (Phi) is 11.3. The third-order valence-corrected chi connectivity index (χ3v) is 6.53. The van der Waals surface area contributed by atoms with Crippen molar-refractivity contribution in [3.05, 3.63) is 66.2 Å². The van der Waals surface area contributed by atoms with Gasteiger partial charge in [-0.2, -0.15) is 0 Å². The van der Waals surface area contributed by atoms with Crippen molar-refractivity contribution < 1.29 is 38.2 Å². The van der Waals surface area contributed by atoms with Crippen molar-refractivity contribution in [1.29, 1.82) is 0 Å². The fourth-order valence-electron chi connectivity index (χ4n) is 4.31. The summed E-state index contributed by atoms with van der Waals surface area (Å²) in [5.41, 5.74) is -1.22. The summed E-state index contributed by atoms with van der Waals surface area (Å²) >= 11 is 0. The van der Waals surface area contributed by atoms with Gasteiger partial charge in [0, 0.05) is 6.42 Å². The first-order chi connectivity index (χ1) is 20.3. The quantitative estimate of drug-likeness (QED) is 0.326. The van der Waals surface area contributed by atoms with Crippen LogP contribution in [0.5, 0.6) is 5.75 Å². The summed E-state index contributed by atoms with van der Waals surface area (Å²) in [6.45, 7) is 10.0. The average molecular weight is 596 g/mol. The third-order valence-electron chi connectivity index (χ3n) is 6.53. The van der Waals surface area contributed by atoms with Crippen LogP contribution in [0.2, 0.25) is 0 Å². The topological polar surface area (TPSA) is 142 Å². The molecule has 11 nitrogen and oxygen atoms in total. The summed E-state index contributed by atoms with van der Waals surface area (Å²) in [6, 6.07) is 16.3. The molecule has 0 aromatic heterocycles. The Hall–Kier alpha value is -4.41. The van der Waals surface area contributed by atoms with Gasteiger partial charge >= 0.3 is 12.1 Å². The van der Waals surface area contributed by atoms with E-state index in [-0.39, 0.29) is 32.0 Å². The van der Waals surface area contributed by atoms with Gasteiger partial charge in [-0.3, -0.25) is 14.4 Å². The molecule has 0 spiro atoms. The number of esters is 1. The number of nitrogens with one attached hydrogen (secondary N) is 2. The summed E-state index contributed by atoms with van der Waals surface area (Å²) in [5.74, 6) is -1.41. The zero-order chi connectivity index (χ0) is 31.6. The maximum Gasteiger partial charge on any atom is 0.408 e. The van der Waals surface area contributed by atoms with Crippen LogP contribution in [0.3, 0.4) is 0 Å². The van der Waals surface area contributed by atoms with Crippen molar-refractivity contribution in [2.45, 2.75) is 84.3 Å². The second kappa shape index (κ2) is 14.7. The molecule has 2 N–H and O–H groups in total. The fourth-order valence-corrected chi connectivity index (χ4v) is 4.31. The van der Waals surface area contributed by atoms with Crippen LogP contribution in [0.1, 0.15) is 59.9 Å². The molecule has 2 amide bonds. The predicted octanol–water partition coefficient (Wildman–Crippen LogP) is 4.34. The first-order valence-corrected chi connectivity index (χ1v) is 14.2. The zero-order valence-corrected chi connectivity index (χ0v) is 25.5. The van der Waals surface area contributed by atoms with Crippen LogP contribution in [0.25, 0.3) is 0 Å². The molecule has 0 fully saturated rings. The summed E-state index contributed by atoms with van der Waals surface area (Å²) in [4.78, 5) is 57.2. The summed E-state index contributed by atoms with van der Waals surface area (Å²) in [6.07, 6.45) is -1.06. The lowest BCUT2D eigenvalue weighted by Gasteiger charge is -2.29. The highest BCUT2D eigenvalue weighted by Gasteiger charge is 2.50. The van der Waals surface area contributed by atoms with E-state index in [9.17, 15) is 19.2 Å². The van der Waals surface area contributed by atoms with E-state index in [0.29, 0.717) is 11.5 Å². The molecule has 3 rings (SSSR count). The molecule has 43 heavy (non-hydrogen) atoms. The molecule has 1 aliphatic rings. The third kappa shape index (κ3) is 10.1. The molecule has 2 aromatic carbocycles. The number of Topliss-reactive ketones (excluding diaryl/α,β-unsaturated/α-hetero) is 1. The number of carbonyl (C=O) groups is 4. The number of para-hydroxylation sites is 1. The lowest BCUT2D eigenvalue weighted by molar-refractivity contribution is -0.157. The van der Waals surface area contributed by atoms with E-state index in [0.717, 1.165) is 5.56 Å². The van der Waals surface area contributed by atoms with E-state index in [1.807, 2.05) is 50.2 Å². The van der Waals surface area contributed by atoms with Crippen molar-refractivity contribution in [3.8, 4) is 5.75 Å². The number of ether oxygens (including phenoxy) is 3. The largest absolute Gasteiger partial charge is 0.489 e. The minimum absolute atomic E-state index is 0.0511. The Labute approximate surface area is 252 Å². The number of alkyl carbamates (subject to hydrolysis) is 1. The number of ketones is 1. The van der Waals surface area contributed by atoms with Crippen LogP contribution in [0, 0.1) is 5.92 Å². The van der Waals surface area contributed by atoms with Crippen molar-refractivity contribution in [2.75, 3.05) is 6.61 Å². The van der Waals surface area contributed by atoms with Crippen molar-refractivity contribution >= 4 is 29.5 Å². The zero-order valence-electron chi connectivity index (χ0n) is 25.5. The lowest BCUT2D eigenvalue weighted by atomic mass is 9.89. The van der Waals surface area contributed by atoms with Gasteiger partial charge in [-0.1, -0.05) is 67.5 Å². The highest BCUT2D eigenvalue weighted by Crippen LogP contribution is 2.29. The number of carbonyl (C=O) groups excluding carboxylic acids is 4. The minimum Gasteiger partial charge on any atom is -0.489 e. The smallest absolute Gasteiger partial charge is 0.408 e. The molecule has 0 saturated carbocycles. The van der Waals surface area contributed by atoms with E-state index in [1.54, 1.807) is 45.0 Å². The van der Waals surface area contributed by atoms with Gasteiger partial charge < -0.3 is 29.7 Å². The Morgan fingerprint density at radius 1 is 0.977 bits per heavy atom. The summed E-state index contributed by atoms with van der Waals surface area (Å²) < 4.78 is 16.6. The summed E-state index contributed by atoms with van der Waals surface area (Å²) in [7, 11) is 0. The van der Waals surface area contributed by atoms with Crippen LogP contribution in [0.15, 0.2) is 65.8 Å². The van der Waals surface area contributed by atoms with Crippen molar-refractivity contribution in [3.63, 3.8) is 0 Å². The second-order valence-corrected chi connectivity index (χ2v) is 11.8. The number of hydrogen-bond donors (Lipinski definition) is 2. The van der Waals surface area contributed by atoms with Gasteiger partial charge in [-0.15, -0.1) is 0 Å². The predicted molar refractivity (Wildman–Crippen MR) is 159 cm³/mol. The van der Waals surface area contributed by atoms with Gasteiger partial charge in [-0.05, 0) is 51.3 Å². The Bertz CT molecular complexity index is 1290. The molecule has 2 aromatic rings.